The van der Waals surface area contributed by atoms with Gasteiger partial charge in [0.05, 0.1) is 0 Å². The van der Waals surface area contributed by atoms with E-state index in [0.717, 1.165) is 5.56 Å². The molecule has 0 aliphatic carbocycles. The predicted octanol–water partition coefficient (Wildman–Crippen LogP) is 1.56. The fourth-order valence-corrected chi connectivity index (χ4v) is 2.99. The van der Waals surface area contributed by atoms with E-state index in [0.29, 0.717) is 5.82 Å². The van der Waals surface area contributed by atoms with Crippen LogP contribution in [0.5, 0.6) is 0 Å². The maximum atomic E-state index is 12.3. The van der Waals surface area contributed by atoms with Crippen LogP contribution in [0.2, 0.25) is 0 Å². The van der Waals surface area contributed by atoms with Gasteiger partial charge in [-0.25, -0.2) is 8.42 Å². The minimum atomic E-state index is -3.74. The molecule has 7 nitrogen and oxygen atoms in total. The first-order valence-corrected chi connectivity index (χ1v) is 8.91. The maximum Gasteiger partial charge on any atom is 0.242 e. The summed E-state index contributed by atoms with van der Waals surface area (Å²) in [6, 6.07) is 8.95. The van der Waals surface area contributed by atoms with Gasteiger partial charge < -0.3 is 9.84 Å². The molecule has 1 aromatic carbocycles. The lowest BCUT2D eigenvalue weighted by Gasteiger charge is -2.14. The van der Waals surface area contributed by atoms with Crippen LogP contribution in [0.15, 0.2) is 34.9 Å². The second-order valence-corrected chi connectivity index (χ2v) is 7.81. The summed E-state index contributed by atoms with van der Waals surface area (Å²) in [4.78, 5) is 15.9. The topological polar surface area (TPSA) is 102 Å². The van der Waals surface area contributed by atoms with E-state index in [1.807, 2.05) is 18.2 Å². The molecule has 2 aromatic rings. The molecule has 1 aromatic heterocycles. The van der Waals surface area contributed by atoms with Crippen molar-refractivity contribution in [2.24, 2.45) is 0 Å². The summed E-state index contributed by atoms with van der Waals surface area (Å²) < 4.78 is 29.6. The third-order valence-electron chi connectivity index (χ3n) is 3.16. The summed E-state index contributed by atoms with van der Waals surface area (Å²) in [5.74, 6) is -0.731. The molecule has 0 aliphatic heterocycles. The van der Waals surface area contributed by atoms with Crippen molar-refractivity contribution < 1.29 is 17.7 Å². The molecule has 23 heavy (non-hydrogen) atoms. The first-order valence-electron chi connectivity index (χ1n) is 7.19. The van der Waals surface area contributed by atoms with E-state index >= 15 is 0 Å². The second-order valence-electron chi connectivity index (χ2n) is 5.49. The fraction of sp³-hybridized carbons (Fsp3) is 0.400. The van der Waals surface area contributed by atoms with Crippen LogP contribution in [0.4, 0.5) is 0 Å². The molecule has 0 unspecified atom stereocenters. The number of hydrogen-bond donors (Lipinski definition) is 1. The van der Waals surface area contributed by atoms with Crippen LogP contribution in [0.3, 0.4) is 0 Å². The molecule has 1 amide bonds. The van der Waals surface area contributed by atoms with Crippen LogP contribution < -0.4 is 5.32 Å². The van der Waals surface area contributed by atoms with Crippen LogP contribution in [0, 0.1) is 0 Å². The molecule has 124 valence electrons. The Morgan fingerprint density at radius 1 is 1.22 bits per heavy atom. The van der Waals surface area contributed by atoms with Crippen LogP contribution in [-0.4, -0.2) is 35.8 Å². The molecule has 2 rings (SSSR count). The zero-order valence-electron chi connectivity index (χ0n) is 13.2. The molecule has 0 bridgehead atoms. The Hall–Kier alpha value is -2.22. The summed E-state index contributed by atoms with van der Waals surface area (Å²) in [6.45, 7) is 4.88. The van der Waals surface area contributed by atoms with Crippen LogP contribution in [0.25, 0.3) is 11.4 Å². The number of amides is 1. The first kappa shape index (κ1) is 17.1. The zero-order valence-corrected chi connectivity index (χ0v) is 14.0. The van der Waals surface area contributed by atoms with E-state index in [1.54, 1.807) is 26.0 Å². The fourth-order valence-electron chi connectivity index (χ4n) is 1.88. The van der Waals surface area contributed by atoms with E-state index in [2.05, 4.69) is 15.5 Å². The van der Waals surface area contributed by atoms with Gasteiger partial charge in [-0.1, -0.05) is 35.5 Å². The molecule has 1 heterocycles. The Kier molecular flexibility index (Phi) is 5.15. The monoisotopic (exact) mass is 337 g/mol. The normalized spacial score (nSPS) is 13.0. The van der Waals surface area contributed by atoms with Crippen molar-refractivity contribution in [2.75, 3.05) is 0 Å². The summed E-state index contributed by atoms with van der Waals surface area (Å²) in [7, 11) is -3.74. The van der Waals surface area contributed by atoms with Gasteiger partial charge in [-0.05, 0) is 20.8 Å². The lowest BCUT2D eigenvalue weighted by molar-refractivity contribution is -0.120. The molecular weight excluding hydrogens is 318 g/mol. The standard InChI is InChI=1S/C15H19N3O4S/c1-10(2)16-15(19)11(3)23(20,21)9-13-17-14(18-22-13)12-7-5-4-6-8-12/h4-8,10-11H,9H2,1-3H3,(H,16,19)/t11-/m1/s1. The lowest BCUT2D eigenvalue weighted by Crippen LogP contribution is -2.41. The van der Waals surface area contributed by atoms with E-state index in [-0.39, 0.29) is 11.9 Å². The van der Waals surface area contributed by atoms with Crippen molar-refractivity contribution in [2.45, 2.75) is 37.8 Å². The number of benzene rings is 1. The van der Waals surface area contributed by atoms with Gasteiger partial charge in [0, 0.05) is 11.6 Å². The SMILES string of the molecule is CC(C)NC(=O)[C@@H](C)S(=O)(=O)Cc1nc(-c2ccccc2)no1. The molecule has 0 spiro atoms. The quantitative estimate of drug-likeness (QED) is 0.858. The van der Waals surface area contributed by atoms with Gasteiger partial charge in [-0.2, -0.15) is 4.98 Å². The predicted molar refractivity (Wildman–Crippen MR) is 85.1 cm³/mol. The van der Waals surface area contributed by atoms with Crippen LogP contribution in [0.1, 0.15) is 26.7 Å². The average Bonchev–Trinajstić information content (AvgIpc) is 2.94. The number of carbonyl (C=O) groups excluding carboxylic acids is 1. The maximum absolute atomic E-state index is 12.3. The smallest absolute Gasteiger partial charge is 0.242 e. The molecule has 0 aliphatic rings. The number of hydrogen-bond acceptors (Lipinski definition) is 6. The molecule has 0 radical (unpaired) electrons. The van der Waals surface area contributed by atoms with Gasteiger partial charge in [0.15, 0.2) is 9.84 Å². The summed E-state index contributed by atoms with van der Waals surface area (Å²) in [5.41, 5.74) is 0.727. The molecule has 1 N–H and O–H groups in total. The Balaban J connectivity index is 2.12. The van der Waals surface area contributed by atoms with Gasteiger partial charge in [0.1, 0.15) is 11.0 Å². The summed E-state index contributed by atoms with van der Waals surface area (Å²) in [5, 5.41) is 5.17. The van der Waals surface area contributed by atoms with Crippen LogP contribution in [-0.2, 0) is 20.4 Å². The van der Waals surface area contributed by atoms with Gasteiger partial charge in [0.25, 0.3) is 0 Å². The van der Waals surface area contributed by atoms with Crippen molar-refractivity contribution in [1.29, 1.82) is 0 Å². The van der Waals surface area contributed by atoms with Crippen molar-refractivity contribution in [3.8, 4) is 11.4 Å². The lowest BCUT2D eigenvalue weighted by atomic mass is 10.2. The molecule has 0 fully saturated rings. The highest BCUT2D eigenvalue weighted by molar-refractivity contribution is 7.92. The number of carbonyl (C=O) groups is 1. The zero-order chi connectivity index (χ0) is 17.0. The summed E-state index contributed by atoms with van der Waals surface area (Å²) in [6.07, 6.45) is 0. The van der Waals surface area contributed by atoms with Crippen molar-refractivity contribution in [1.82, 2.24) is 15.5 Å². The number of aromatic nitrogens is 2. The van der Waals surface area contributed by atoms with E-state index in [9.17, 15) is 13.2 Å². The van der Waals surface area contributed by atoms with Crippen molar-refractivity contribution in [3.63, 3.8) is 0 Å². The van der Waals surface area contributed by atoms with E-state index < -0.39 is 26.7 Å². The van der Waals surface area contributed by atoms with Crippen molar-refractivity contribution in [3.05, 3.63) is 36.2 Å². The third-order valence-corrected chi connectivity index (χ3v) is 5.10. The average molecular weight is 337 g/mol. The largest absolute Gasteiger partial charge is 0.353 e. The van der Waals surface area contributed by atoms with Gasteiger partial charge in [0.2, 0.25) is 17.6 Å². The Morgan fingerprint density at radius 3 is 2.48 bits per heavy atom. The van der Waals surface area contributed by atoms with Gasteiger partial charge >= 0.3 is 0 Å². The Bertz CT molecular complexity index is 769. The number of nitrogens with zero attached hydrogens (tertiary/aromatic N) is 2. The molecular formula is C15H19N3O4S. The molecule has 0 saturated heterocycles. The highest BCUT2D eigenvalue weighted by Gasteiger charge is 2.30. The highest BCUT2D eigenvalue weighted by atomic mass is 32.2. The minimum absolute atomic E-state index is 0.0342. The minimum Gasteiger partial charge on any atom is -0.353 e. The second kappa shape index (κ2) is 6.91. The van der Waals surface area contributed by atoms with E-state index in [1.165, 1.54) is 6.92 Å². The van der Waals surface area contributed by atoms with Crippen LogP contribution >= 0.6 is 0 Å². The van der Waals surface area contributed by atoms with E-state index in [4.69, 9.17) is 4.52 Å². The number of rotatable bonds is 6. The van der Waals surface area contributed by atoms with Gasteiger partial charge in [-0.3, -0.25) is 4.79 Å². The third kappa shape index (κ3) is 4.38. The van der Waals surface area contributed by atoms with Crippen molar-refractivity contribution >= 4 is 15.7 Å². The Morgan fingerprint density at radius 2 is 1.87 bits per heavy atom. The highest BCUT2D eigenvalue weighted by Crippen LogP contribution is 2.17. The first-order chi connectivity index (χ1) is 10.8. The van der Waals surface area contributed by atoms with Gasteiger partial charge in [-0.15, -0.1) is 0 Å². The Labute approximate surface area is 135 Å². The summed E-state index contributed by atoms with van der Waals surface area (Å²) >= 11 is 0. The number of nitrogens with one attached hydrogen (secondary N) is 1. The molecule has 0 saturated carbocycles. The molecule has 1 atom stereocenters. The number of sulfone groups is 1. The molecule has 8 heteroatoms.